The van der Waals surface area contributed by atoms with Gasteiger partial charge in [-0.15, -0.1) is 11.3 Å². The molecular formula is C21H32FN5OS. The van der Waals surface area contributed by atoms with Crippen LogP contribution in [0.3, 0.4) is 0 Å². The third kappa shape index (κ3) is 6.97. The molecule has 0 spiro atoms. The standard InChI is InChI=1S/C21H32FN5OS/c1-6-23-21(27(4)14-17-15-29-20(25-17)16(2)28-5)24-12-9-13-26(3)19-11-8-7-10-18(19)22/h7-8,10-11,15-16H,6,9,12-14H2,1-5H3,(H,23,24). The maximum Gasteiger partial charge on any atom is 0.194 e. The van der Waals surface area contributed by atoms with Crippen molar-refractivity contribution in [1.82, 2.24) is 15.2 Å². The van der Waals surface area contributed by atoms with Crippen molar-refractivity contribution < 1.29 is 9.13 Å². The third-order valence-corrected chi connectivity index (χ3v) is 5.60. The van der Waals surface area contributed by atoms with Gasteiger partial charge in [0, 0.05) is 46.2 Å². The number of para-hydroxylation sites is 1. The molecule has 0 saturated carbocycles. The number of aromatic nitrogens is 1. The van der Waals surface area contributed by atoms with Crippen LogP contribution in [0.4, 0.5) is 10.1 Å². The number of anilines is 1. The molecule has 160 valence electrons. The molecule has 29 heavy (non-hydrogen) atoms. The van der Waals surface area contributed by atoms with Gasteiger partial charge in [0.15, 0.2) is 5.96 Å². The van der Waals surface area contributed by atoms with Crippen LogP contribution in [-0.4, -0.2) is 56.7 Å². The second-order valence-corrected chi connectivity index (χ2v) is 7.76. The molecule has 1 N–H and O–H groups in total. The molecule has 0 aliphatic rings. The normalized spacial score (nSPS) is 12.7. The minimum atomic E-state index is -0.197. The smallest absolute Gasteiger partial charge is 0.194 e. The largest absolute Gasteiger partial charge is 0.375 e. The molecule has 0 aliphatic heterocycles. The Morgan fingerprint density at radius 1 is 1.34 bits per heavy atom. The average Bonchev–Trinajstić information content (AvgIpc) is 3.18. The Balaban J connectivity index is 1.89. The van der Waals surface area contributed by atoms with E-state index in [1.807, 2.05) is 32.0 Å². The molecule has 8 heteroatoms. The summed E-state index contributed by atoms with van der Waals surface area (Å²) in [5.41, 5.74) is 1.62. The van der Waals surface area contributed by atoms with Gasteiger partial charge in [0.2, 0.25) is 0 Å². The van der Waals surface area contributed by atoms with Crippen LogP contribution >= 0.6 is 11.3 Å². The minimum Gasteiger partial charge on any atom is -0.375 e. The number of thiazole rings is 1. The molecule has 6 nitrogen and oxygen atoms in total. The lowest BCUT2D eigenvalue weighted by molar-refractivity contribution is 0.119. The average molecular weight is 422 g/mol. The number of ether oxygens (including phenoxy) is 1. The maximum atomic E-state index is 13.9. The molecule has 0 bridgehead atoms. The van der Waals surface area contributed by atoms with Crippen molar-refractivity contribution in [3.8, 4) is 0 Å². The van der Waals surface area contributed by atoms with Crippen molar-refractivity contribution in [2.24, 2.45) is 4.99 Å². The molecule has 2 aromatic rings. The summed E-state index contributed by atoms with van der Waals surface area (Å²) in [5, 5.41) is 6.37. The van der Waals surface area contributed by atoms with E-state index < -0.39 is 0 Å². The zero-order chi connectivity index (χ0) is 21.2. The van der Waals surface area contributed by atoms with Gasteiger partial charge in [0.1, 0.15) is 16.9 Å². The van der Waals surface area contributed by atoms with E-state index in [0.717, 1.165) is 36.2 Å². The van der Waals surface area contributed by atoms with Crippen LogP contribution in [-0.2, 0) is 11.3 Å². The lowest BCUT2D eigenvalue weighted by atomic mass is 10.2. The Morgan fingerprint density at radius 3 is 2.79 bits per heavy atom. The highest BCUT2D eigenvalue weighted by molar-refractivity contribution is 7.09. The minimum absolute atomic E-state index is 0.00685. The van der Waals surface area contributed by atoms with Crippen molar-refractivity contribution in [1.29, 1.82) is 0 Å². The highest BCUT2D eigenvalue weighted by Gasteiger charge is 2.13. The van der Waals surface area contributed by atoms with Crippen LogP contribution in [0, 0.1) is 5.82 Å². The number of aliphatic imine (C=N–C) groups is 1. The molecule has 1 aromatic heterocycles. The first-order valence-corrected chi connectivity index (χ1v) is 10.8. The van der Waals surface area contributed by atoms with Gasteiger partial charge in [0.05, 0.1) is 17.9 Å². The monoisotopic (exact) mass is 421 g/mol. The molecule has 0 fully saturated rings. The zero-order valence-corrected chi connectivity index (χ0v) is 18.8. The van der Waals surface area contributed by atoms with Crippen molar-refractivity contribution >= 4 is 23.0 Å². The Bertz CT molecular complexity index is 782. The van der Waals surface area contributed by atoms with Crippen LogP contribution in [0.15, 0.2) is 34.6 Å². The summed E-state index contributed by atoms with van der Waals surface area (Å²) in [7, 11) is 5.60. The van der Waals surface area contributed by atoms with Crippen molar-refractivity contribution in [2.45, 2.75) is 32.9 Å². The van der Waals surface area contributed by atoms with E-state index in [4.69, 9.17) is 9.73 Å². The fraction of sp³-hybridized carbons (Fsp3) is 0.524. The Morgan fingerprint density at radius 2 is 2.10 bits per heavy atom. The first-order chi connectivity index (χ1) is 14.0. The van der Waals surface area contributed by atoms with Crippen LogP contribution in [0.1, 0.15) is 37.1 Å². The van der Waals surface area contributed by atoms with Crippen molar-refractivity contribution in [3.05, 3.63) is 46.2 Å². The van der Waals surface area contributed by atoms with E-state index in [2.05, 4.69) is 27.5 Å². The van der Waals surface area contributed by atoms with E-state index in [9.17, 15) is 4.39 Å². The maximum absolute atomic E-state index is 13.9. The van der Waals surface area contributed by atoms with E-state index in [1.165, 1.54) is 6.07 Å². The number of methoxy groups -OCH3 is 1. The number of nitrogens with zero attached hydrogens (tertiary/aromatic N) is 4. The van der Waals surface area contributed by atoms with Crippen LogP contribution in [0.5, 0.6) is 0 Å². The molecule has 0 amide bonds. The fourth-order valence-electron chi connectivity index (χ4n) is 2.84. The summed E-state index contributed by atoms with van der Waals surface area (Å²) in [4.78, 5) is 13.4. The molecule has 1 heterocycles. The Labute approximate surface area is 177 Å². The van der Waals surface area contributed by atoms with E-state index >= 15 is 0 Å². The predicted octanol–water partition coefficient (Wildman–Crippen LogP) is 3.91. The van der Waals surface area contributed by atoms with Gasteiger partial charge in [-0.2, -0.15) is 0 Å². The fourth-order valence-corrected chi connectivity index (χ4v) is 3.69. The molecule has 0 aliphatic carbocycles. The van der Waals surface area contributed by atoms with Gasteiger partial charge in [-0.1, -0.05) is 12.1 Å². The highest BCUT2D eigenvalue weighted by atomic mass is 32.1. The van der Waals surface area contributed by atoms with Gasteiger partial charge < -0.3 is 19.9 Å². The zero-order valence-electron chi connectivity index (χ0n) is 18.0. The number of benzene rings is 1. The molecule has 1 unspecified atom stereocenters. The van der Waals surface area contributed by atoms with Gasteiger partial charge in [0.25, 0.3) is 0 Å². The number of halogens is 1. The number of hydrogen-bond donors (Lipinski definition) is 1. The lowest BCUT2D eigenvalue weighted by Gasteiger charge is -2.22. The van der Waals surface area contributed by atoms with Gasteiger partial charge >= 0.3 is 0 Å². The lowest BCUT2D eigenvalue weighted by Crippen LogP contribution is -2.38. The number of hydrogen-bond acceptors (Lipinski definition) is 5. The predicted molar refractivity (Wildman–Crippen MR) is 119 cm³/mol. The Hall–Kier alpha value is -2.19. The van der Waals surface area contributed by atoms with Crippen molar-refractivity contribution in [2.75, 3.05) is 45.7 Å². The number of guanidine groups is 1. The second kappa shape index (κ2) is 11.7. The van der Waals surface area contributed by atoms with E-state index in [1.54, 1.807) is 30.6 Å². The highest BCUT2D eigenvalue weighted by Crippen LogP contribution is 2.21. The summed E-state index contributed by atoms with van der Waals surface area (Å²) in [6, 6.07) is 6.84. The summed E-state index contributed by atoms with van der Waals surface area (Å²) in [6.07, 6.45) is 0.840. The molecule has 1 aromatic carbocycles. The topological polar surface area (TPSA) is 53.0 Å². The molecule has 2 rings (SSSR count). The Kier molecular flexibility index (Phi) is 9.34. The quantitative estimate of drug-likeness (QED) is 0.358. The van der Waals surface area contributed by atoms with Gasteiger partial charge in [-0.05, 0) is 32.4 Å². The van der Waals surface area contributed by atoms with Crippen LogP contribution < -0.4 is 10.2 Å². The molecular weight excluding hydrogens is 389 g/mol. The number of nitrogens with one attached hydrogen (secondary N) is 1. The second-order valence-electron chi connectivity index (χ2n) is 6.87. The van der Waals surface area contributed by atoms with Crippen LogP contribution in [0.25, 0.3) is 0 Å². The van der Waals surface area contributed by atoms with Gasteiger partial charge in [-0.3, -0.25) is 4.99 Å². The van der Waals surface area contributed by atoms with Crippen molar-refractivity contribution in [3.63, 3.8) is 0 Å². The first-order valence-electron chi connectivity index (χ1n) is 9.88. The molecule has 1 atom stereocenters. The first kappa shape index (κ1) is 23.1. The van der Waals surface area contributed by atoms with Gasteiger partial charge in [-0.25, -0.2) is 9.37 Å². The summed E-state index contributed by atoms with van der Waals surface area (Å²) >= 11 is 1.61. The third-order valence-electron chi connectivity index (χ3n) is 4.54. The summed E-state index contributed by atoms with van der Waals surface area (Å²) < 4.78 is 19.2. The summed E-state index contributed by atoms with van der Waals surface area (Å²) in [5.74, 6) is 0.646. The van der Waals surface area contributed by atoms with E-state index in [0.29, 0.717) is 18.8 Å². The van der Waals surface area contributed by atoms with E-state index in [-0.39, 0.29) is 11.9 Å². The number of rotatable bonds is 10. The SMILES string of the molecule is CCNC(=NCCCN(C)c1ccccc1F)N(C)Cc1csc(C(C)OC)n1. The summed E-state index contributed by atoms with van der Waals surface area (Å²) in [6.45, 7) is 6.91. The molecule has 0 radical (unpaired) electrons. The van der Waals surface area contributed by atoms with Crippen LogP contribution in [0.2, 0.25) is 0 Å². The molecule has 0 saturated heterocycles.